The van der Waals surface area contributed by atoms with E-state index >= 15 is 0 Å². The highest BCUT2D eigenvalue weighted by Gasteiger charge is 2.20. The lowest BCUT2D eigenvalue weighted by molar-refractivity contribution is 0.0720. The molecule has 0 bridgehead atoms. The van der Waals surface area contributed by atoms with E-state index in [-0.39, 0.29) is 12.5 Å². The van der Waals surface area contributed by atoms with Crippen LogP contribution >= 0.6 is 0 Å². The number of hydrogen-bond acceptors (Lipinski definition) is 4. The number of likely N-dealkylation sites (N-methyl/N-ethyl adjacent to an activating group) is 1. The second kappa shape index (κ2) is 5.50. The summed E-state index contributed by atoms with van der Waals surface area (Å²) in [6.45, 7) is 5.13. The van der Waals surface area contributed by atoms with Gasteiger partial charge in [0.1, 0.15) is 5.69 Å². The summed E-state index contributed by atoms with van der Waals surface area (Å²) in [5.41, 5.74) is 6.49. The van der Waals surface area contributed by atoms with Crippen LogP contribution in [0.1, 0.15) is 24.3 Å². The fourth-order valence-electron chi connectivity index (χ4n) is 1.55. The van der Waals surface area contributed by atoms with Crippen LogP contribution in [-0.4, -0.2) is 45.4 Å². The van der Waals surface area contributed by atoms with Crippen LogP contribution in [0.3, 0.4) is 0 Å². The molecule has 0 aromatic carbocycles. The van der Waals surface area contributed by atoms with E-state index in [2.05, 4.69) is 5.10 Å². The number of nitrogens with zero attached hydrogens (tertiary/aromatic N) is 3. The average molecular weight is 226 g/mol. The molecule has 0 aliphatic rings. The molecule has 3 N–H and O–H groups in total. The molecular weight excluding hydrogens is 208 g/mol. The van der Waals surface area contributed by atoms with Gasteiger partial charge in [-0.2, -0.15) is 5.10 Å². The summed E-state index contributed by atoms with van der Waals surface area (Å²) in [5.74, 6) is -0.187. The molecule has 0 saturated carbocycles. The van der Waals surface area contributed by atoms with E-state index in [0.29, 0.717) is 31.0 Å². The van der Waals surface area contributed by atoms with Gasteiger partial charge in [-0.3, -0.25) is 9.48 Å². The van der Waals surface area contributed by atoms with Crippen molar-refractivity contribution < 1.29 is 9.90 Å². The number of hydrogen-bond donors (Lipinski definition) is 2. The lowest BCUT2D eigenvalue weighted by Gasteiger charge is -2.20. The Bertz CT molecular complexity index is 362. The van der Waals surface area contributed by atoms with E-state index < -0.39 is 0 Å². The van der Waals surface area contributed by atoms with Crippen molar-refractivity contribution in [2.45, 2.75) is 20.4 Å². The van der Waals surface area contributed by atoms with E-state index in [0.717, 1.165) is 0 Å². The first-order chi connectivity index (χ1) is 7.65. The normalized spacial score (nSPS) is 10.4. The van der Waals surface area contributed by atoms with Gasteiger partial charge in [0.25, 0.3) is 5.91 Å². The monoisotopic (exact) mass is 226 g/mol. The van der Waals surface area contributed by atoms with Gasteiger partial charge in [0.05, 0.1) is 18.5 Å². The zero-order chi connectivity index (χ0) is 12.1. The number of nitrogen functional groups attached to an aromatic ring is 1. The van der Waals surface area contributed by atoms with Crippen molar-refractivity contribution in [1.82, 2.24) is 14.7 Å². The Kier molecular flexibility index (Phi) is 4.30. The molecule has 90 valence electrons. The van der Waals surface area contributed by atoms with Gasteiger partial charge >= 0.3 is 0 Å². The Morgan fingerprint density at radius 3 is 2.81 bits per heavy atom. The molecule has 0 aliphatic carbocycles. The fourth-order valence-corrected chi connectivity index (χ4v) is 1.55. The average Bonchev–Trinajstić information content (AvgIpc) is 2.66. The first kappa shape index (κ1) is 12.5. The second-order valence-corrected chi connectivity index (χ2v) is 3.37. The van der Waals surface area contributed by atoms with E-state index in [4.69, 9.17) is 10.8 Å². The number of carbonyl (C=O) groups is 1. The van der Waals surface area contributed by atoms with Crippen LogP contribution in [-0.2, 0) is 6.54 Å². The van der Waals surface area contributed by atoms with Crippen molar-refractivity contribution in [3.63, 3.8) is 0 Å². The molecule has 1 rings (SSSR count). The number of carbonyl (C=O) groups excluding carboxylic acids is 1. The van der Waals surface area contributed by atoms with E-state index in [9.17, 15) is 4.79 Å². The van der Waals surface area contributed by atoms with E-state index in [1.165, 1.54) is 6.20 Å². The minimum absolute atomic E-state index is 0.0558. The molecule has 16 heavy (non-hydrogen) atoms. The van der Waals surface area contributed by atoms with Crippen molar-refractivity contribution in [2.75, 3.05) is 25.4 Å². The summed E-state index contributed by atoms with van der Waals surface area (Å²) >= 11 is 0. The predicted molar refractivity (Wildman–Crippen MR) is 61.0 cm³/mol. The molecule has 0 atom stereocenters. The topological polar surface area (TPSA) is 84.4 Å². The third kappa shape index (κ3) is 2.33. The maximum Gasteiger partial charge on any atom is 0.274 e. The number of anilines is 1. The maximum atomic E-state index is 12.1. The summed E-state index contributed by atoms with van der Waals surface area (Å²) in [5, 5.41) is 12.9. The zero-order valence-corrected chi connectivity index (χ0v) is 9.68. The van der Waals surface area contributed by atoms with Gasteiger partial charge in [-0.05, 0) is 13.8 Å². The molecule has 1 amide bonds. The Labute approximate surface area is 94.6 Å². The molecule has 0 radical (unpaired) electrons. The number of aromatic nitrogens is 2. The lowest BCUT2D eigenvalue weighted by atomic mass is 10.3. The molecule has 6 heteroatoms. The van der Waals surface area contributed by atoms with Gasteiger partial charge in [-0.1, -0.05) is 0 Å². The van der Waals surface area contributed by atoms with Crippen LogP contribution in [0.2, 0.25) is 0 Å². The smallest absolute Gasteiger partial charge is 0.274 e. The van der Waals surface area contributed by atoms with Crippen molar-refractivity contribution in [3.05, 3.63) is 11.9 Å². The second-order valence-electron chi connectivity index (χ2n) is 3.37. The van der Waals surface area contributed by atoms with Crippen molar-refractivity contribution in [1.29, 1.82) is 0 Å². The molecule has 0 aliphatic heterocycles. The number of amides is 1. The summed E-state index contributed by atoms with van der Waals surface area (Å²) in [4.78, 5) is 13.6. The minimum Gasteiger partial charge on any atom is -0.396 e. The van der Waals surface area contributed by atoms with E-state index in [1.54, 1.807) is 9.58 Å². The third-order valence-electron chi connectivity index (χ3n) is 2.41. The first-order valence-corrected chi connectivity index (χ1v) is 5.37. The summed E-state index contributed by atoms with van der Waals surface area (Å²) in [7, 11) is 0. The van der Waals surface area contributed by atoms with Crippen molar-refractivity contribution in [2.24, 2.45) is 0 Å². The number of nitrogens with two attached hydrogens (primary N) is 1. The Balaban J connectivity index is 2.97. The maximum absolute atomic E-state index is 12.1. The quantitative estimate of drug-likeness (QED) is 0.736. The molecule has 0 unspecified atom stereocenters. The SMILES string of the molecule is CCN(CCO)C(=O)c1c(N)cnn1CC. The van der Waals surface area contributed by atoms with Gasteiger partial charge in [-0.25, -0.2) is 0 Å². The third-order valence-corrected chi connectivity index (χ3v) is 2.41. The number of aliphatic hydroxyl groups excluding tert-OH is 1. The number of aliphatic hydroxyl groups is 1. The van der Waals surface area contributed by atoms with Gasteiger partial charge < -0.3 is 15.7 Å². The molecule has 1 aromatic rings. The Morgan fingerprint density at radius 1 is 1.62 bits per heavy atom. The zero-order valence-electron chi connectivity index (χ0n) is 9.68. The first-order valence-electron chi connectivity index (χ1n) is 5.37. The number of aryl methyl sites for hydroxylation is 1. The van der Waals surface area contributed by atoms with Crippen LogP contribution in [0.5, 0.6) is 0 Å². The van der Waals surface area contributed by atoms with Crippen molar-refractivity contribution in [3.8, 4) is 0 Å². The van der Waals surface area contributed by atoms with Crippen LogP contribution in [0.25, 0.3) is 0 Å². The molecular formula is C10H18N4O2. The van der Waals surface area contributed by atoms with Gasteiger partial charge in [-0.15, -0.1) is 0 Å². The van der Waals surface area contributed by atoms with Crippen LogP contribution in [0.4, 0.5) is 5.69 Å². The highest BCUT2D eigenvalue weighted by molar-refractivity contribution is 5.97. The molecule has 1 heterocycles. The summed E-state index contributed by atoms with van der Waals surface area (Å²) < 4.78 is 1.57. The largest absolute Gasteiger partial charge is 0.396 e. The standard InChI is InChI=1S/C10H18N4O2/c1-3-13(5-6-15)10(16)9-8(11)7-12-14(9)4-2/h7,15H,3-6,11H2,1-2H3. The van der Waals surface area contributed by atoms with Gasteiger partial charge in [0.2, 0.25) is 0 Å². The number of rotatable bonds is 5. The van der Waals surface area contributed by atoms with Gasteiger partial charge in [0, 0.05) is 19.6 Å². The highest BCUT2D eigenvalue weighted by atomic mass is 16.3. The van der Waals surface area contributed by atoms with Crippen molar-refractivity contribution >= 4 is 11.6 Å². The molecule has 6 nitrogen and oxygen atoms in total. The lowest BCUT2D eigenvalue weighted by Crippen LogP contribution is -2.35. The molecule has 1 aromatic heterocycles. The fraction of sp³-hybridized carbons (Fsp3) is 0.600. The van der Waals surface area contributed by atoms with Crippen LogP contribution in [0.15, 0.2) is 6.20 Å². The summed E-state index contributed by atoms with van der Waals surface area (Å²) in [6, 6.07) is 0. The van der Waals surface area contributed by atoms with Crippen LogP contribution in [0, 0.1) is 0 Å². The molecule has 0 fully saturated rings. The van der Waals surface area contributed by atoms with Crippen LogP contribution < -0.4 is 5.73 Å². The predicted octanol–water partition coefficient (Wildman–Crippen LogP) is -0.0604. The molecule has 0 spiro atoms. The Morgan fingerprint density at radius 2 is 2.31 bits per heavy atom. The van der Waals surface area contributed by atoms with Gasteiger partial charge in [0.15, 0.2) is 0 Å². The minimum atomic E-state index is -0.187. The Hall–Kier alpha value is -1.56. The van der Waals surface area contributed by atoms with E-state index in [1.807, 2.05) is 13.8 Å². The summed E-state index contributed by atoms with van der Waals surface area (Å²) in [6.07, 6.45) is 1.48. The molecule has 0 saturated heterocycles. The highest BCUT2D eigenvalue weighted by Crippen LogP contribution is 2.13.